The van der Waals surface area contributed by atoms with Gasteiger partial charge in [0.05, 0.1) is 23.4 Å². The molecule has 242 valence electrons. The van der Waals surface area contributed by atoms with Crippen molar-refractivity contribution >= 4 is 23.3 Å². The summed E-state index contributed by atoms with van der Waals surface area (Å²) < 4.78 is 11.6. The number of rotatable bonds is 8. The number of aromatic nitrogens is 1. The molecule has 0 bridgehead atoms. The second-order valence-electron chi connectivity index (χ2n) is 14.4. The molecule has 1 N–H and O–H groups in total. The molecule has 45 heavy (non-hydrogen) atoms. The maximum absolute atomic E-state index is 12.8. The number of carboxylic acids is 1. The summed E-state index contributed by atoms with van der Waals surface area (Å²) in [5.41, 5.74) is 8.73. The highest BCUT2D eigenvalue weighted by Crippen LogP contribution is 2.45. The van der Waals surface area contributed by atoms with Crippen LogP contribution in [-0.4, -0.2) is 53.3 Å². The molecule has 8 heteroatoms. The van der Waals surface area contributed by atoms with E-state index in [0.717, 1.165) is 80.1 Å². The van der Waals surface area contributed by atoms with Gasteiger partial charge >= 0.3 is 5.97 Å². The number of aliphatic carboxylic acids is 1. The smallest absolute Gasteiger partial charge is 0.337 e. The second kappa shape index (κ2) is 12.9. The van der Waals surface area contributed by atoms with Crippen molar-refractivity contribution in [2.24, 2.45) is 5.41 Å². The van der Waals surface area contributed by atoms with Crippen LogP contribution in [0.3, 0.4) is 0 Å². The number of fused-ring (bicyclic) bond motifs is 1. The molecule has 2 aliphatic heterocycles. The third-order valence-corrected chi connectivity index (χ3v) is 9.47. The van der Waals surface area contributed by atoms with E-state index in [1.165, 1.54) is 11.1 Å². The molecule has 3 aromatic rings. The average Bonchev–Trinajstić information content (AvgIpc) is 2.95. The third kappa shape index (κ3) is 7.48. The van der Waals surface area contributed by atoms with Crippen molar-refractivity contribution in [3.05, 3.63) is 75.1 Å². The maximum atomic E-state index is 12.8. The number of piperidine rings is 1. The van der Waals surface area contributed by atoms with Crippen LogP contribution in [0.1, 0.15) is 87.2 Å². The number of halogens is 1. The zero-order valence-electron chi connectivity index (χ0n) is 28.1. The first-order valence-corrected chi connectivity index (χ1v) is 16.4. The van der Waals surface area contributed by atoms with Gasteiger partial charge in [0.15, 0.2) is 6.10 Å². The number of anilines is 1. The third-order valence-electron chi connectivity index (χ3n) is 9.18. The van der Waals surface area contributed by atoms with Gasteiger partial charge in [-0.05, 0) is 93.7 Å². The van der Waals surface area contributed by atoms with E-state index in [2.05, 4.69) is 47.9 Å². The van der Waals surface area contributed by atoms with Gasteiger partial charge in [-0.1, -0.05) is 49.7 Å². The van der Waals surface area contributed by atoms with Gasteiger partial charge in [-0.15, -0.1) is 0 Å². The predicted molar refractivity (Wildman–Crippen MR) is 181 cm³/mol. The molecular formula is C37H48ClN3O4. The Hall–Kier alpha value is -3.13. The van der Waals surface area contributed by atoms with E-state index in [0.29, 0.717) is 22.0 Å². The second-order valence-corrected chi connectivity index (χ2v) is 14.8. The van der Waals surface area contributed by atoms with Crippen LogP contribution in [0.4, 0.5) is 5.69 Å². The fourth-order valence-electron chi connectivity index (χ4n) is 6.72. The standard InChI is InChI=1S/C37H48ClN3O4/c1-23-31(27-10-11-28-22-40(16-13-26(28)20-27)21-25-9-12-30(44-8)29(38)19-25)33(41-17-14-37(6,7)15-18-41)32(24(2)39-23)34(35(42)43)45-36(3,4)5/h9-12,19-20,34H,13-18,21-22H2,1-8H3,(H,42,43). The van der Waals surface area contributed by atoms with Crippen molar-refractivity contribution in [3.8, 4) is 16.9 Å². The molecule has 1 unspecified atom stereocenters. The van der Waals surface area contributed by atoms with Crippen molar-refractivity contribution in [2.75, 3.05) is 31.6 Å². The Labute approximate surface area is 273 Å². The predicted octanol–water partition coefficient (Wildman–Crippen LogP) is 8.15. The van der Waals surface area contributed by atoms with Crippen molar-refractivity contribution < 1.29 is 19.4 Å². The Morgan fingerprint density at radius 1 is 1.04 bits per heavy atom. The average molecular weight is 634 g/mol. The number of hydrogen-bond acceptors (Lipinski definition) is 6. The molecule has 0 amide bonds. The van der Waals surface area contributed by atoms with Crippen molar-refractivity contribution in [2.45, 2.75) is 92.5 Å². The summed E-state index contributed by atoms with van der Waals surface area (Å²) in [4.78, 5) is 22.6. The lowest BCUT2D eigenvalue weighted by atomic mass is 9.81. The number of methoxy groups -OCH3 is 1. The lowest BCUT2D eigenvalue weighted by Gasteiger charge is -2.41. The zero-order valence-corrected chi connectivity index (χ0v) is 28.8. The quantitative estimate of drug-likeness (QED) is 0.268. The molecular weight excluding hydrogens is 586 g/mol. The summed E-state index contributed by atoms with van der Waals surface area (Å²) >= 11 is 6.40. The highest BCUT2D eigenvalue weighted by molar-refractivity contribution is 6.32. The lowest BCUT2D eigenvalue weighted by Crippen LogP contribution is -2.39. The van der Waals surface area contributed by atoms with E-state index in [4.69, 9.17) is 26.1 Å². The Bertz CT molecular complexity index is 1570. The van der Waals surface area contributed by atoms with E-state index in [1.807, 2.05) is 46.8 Å². The number of aryl methyl sites for hydroxylation is 2. The number of pyridine rings is 1. The van der Waals surface area contributed by atoms with Crippen molar-refractivity contribution in [1.82, 2.24) is 9.88 Å². The van der Waals surface area contributed by atoms with E-state index in [1.54, 1.807) is 7.11 Å². The molecule has 5 rings (SSSR count). The molecule has 1 aromatic heterocycles. The number of ether oxygens (including phenoxy) is 2. The van der Waals surface area contributed by atoms with Gasteiger partial charge in [0, 0.05) is 55.2 Å². The summed E-state index contributed by atoms with van der Waals surface area (Å²) in [7, 11) is 1.63. The topological polar surface area (TPSA) is 75.1 Å². The maximum Gasteiger partial charge on any atom is 0.337 e. The summed E-state index contributed by atoms with van der Waals surface area (Å²) in [5.74, 6) is -0.305. The highest BCUT2D eigenvalue weighted by atomic mass is 35.5. The summed E-state index contributed by atoms with van der Waals surface area (Å²) in [6.45, 7) is 18.6. The normalized spacial score (nSPS) is 17.6. The SMILES string of the molecule is COc1ccc(CN2CCc3cc(-c4c(C)nc(C)c(C(OC(C)(C)C)C(=O)O)c4N4CCC(C)(C)CC4)ccc3C2)cc1Cl. The van der Waals surface area contributed by atoms with Gasteiger partial charge in [-0.2, -0.15) is 0 Å². The lowest BCUT2D eigenvalue weighted by molar-refractivity contribution is -0.160. The van der Waals surface area contributed by atoms with Crippen LogP contribution in [0, 0.1) is 19.3 Å². The monoisotopic (exact) mass is 633 g/mol. The van der Waals surface area contributed by atoms with E-state index >= 15 is 0 Å². The number of carboxylic acid groups (broad SMARTS) is 1. The van der Waals surface area contributed by atoms with Crippen LogP contribution in [-0.2, 0) is 29.0 Å². The van der Waals surface area contributed by atoms with Gasteiger partial charge in [0.1, 0.15) is 5.75 Å². The Morgan fingerprint density at radius 2 is 1.76 bits per heavy atom. The first-order valence-electron chi connectivity index (χ1n) is 16.0. The van der Waals surface area contributed by atoms with Crippen LogP contribution in [0.5, 0.6) is 5.75 Å². The zero-order chi connectivity index (χ0) is 32.7. The molecule has 0 spiro atoms. The minimum Gasteiger partial charge on any atom is -0.495 e. The molecule has 2 aliphatic rings. The van der Waals surface area contributed by atoms with E-state index < -0.39 is 17.7 Å². The summed E-state index contributed by atoms with van der Waals surface area (Å²) in [5, 5.41) is 11.1. The Morgan fingerprint density at radius 3 is 2.38 bits per heavy atom. The molecule has 0 aliphatic carbocycles. The molecule has 0 saturated carbocycles. The number of carbonyl (C=O) groups is 1. The summed E-state index contributed by atoms with van der Waals surface area (Å²) in [6, 6.07) is 12.7. The molecule has 3 heterocycles. The molecule has 1 fully saturated rings. The Balaban J connectivity index is 1.54. The number of hydrogen-bond donors (Lipinski definition) is 1. The van der Waals surface area contributed by atoms with Gasteiger partial charge in [-0.3, -0.25) is 9.88 Å². The van der Waals surface area contributed by atoms with Gasteiger partial charge in [-0.25, -0.2) is 4.79 Å². The molecule has 7 nitrogen and oxygen atoms in total. The Kier molecular flexibility index (Phi) is 9.55. The van der Waals surface area contributed by atoms with E-state index in [-0.39, 0.29) is 5.41 Å². The highest BCUT2D eigenvalue weighted by Gasteiger charge is 2.36. The van der Waals surface area contributed by atoms with Gasteiger partial charge in [0.25, 0.3) is 0 Å². The van der Waals surface area contributed by atoms with E-state index in [9.17, 15) is 9.90 Å². The fourth-order valence-corrected chi connectivity index (χ4v) is 7.00. The minimum atomic E-state index is -1.13. The first kappa shape index (κ1) is 33.2. The summed E-state index contributed by atoms with van der Waals surface area (Å²) in [6.07, 6.45) is 1.86. The molecule has 1 atom stereocenters. The van der Waals surface area contributed by atoms with Gasteiger partial charge < -0.3 is 19.5 Å². The molecule has 0 radical (unpaired) electrons. The molecule has 1 saturated heterocycles. The van der Waals surface area contributed by atoms with Crippen molar-refractivity contribution in [3.63, 3.8) is 0 Å². The van der Waals surface area contributed by atoms with Crippen LogP contribution in [0.15, 0.2) is 36.4 Å². The van der Waals surface area contributed by atoms with Gasteiger partial charge in [0.2, 0.25) is 0 Å². The first-order chi connectivity index (χ1) is 21.2. The fraction of sp³-hybridized carbons (Fsp3) is 0.514. The van der Waals surface area contributed by atoms with Crippen LogP contribution in [0.2, 0.25) is 5.02 Å². The van der Waals surface area contributed by atoms with Crippen molar-refractivity contribution in [1.29, 1.82) is 0 Å². The minimum absolute atomic E-state index is 0.247. The number of nitrogens with zero attached hydrogens (tertiary/aromatic N) is 3. The molecule has 2 aromatic carbocycles. The largest absolute Gasteiger partial charge is 0.495 e. The van der Waals surface area contributed by atoms with Crippen LogP contribution < -0.4 is 9.64 Å². The van der Waals surface area contributed by atoms with Crippen LogP contribution >= 0.6 is 11.6 Å². The number of benzene rings is 2. The van der Waals surface area contributed by atoms with Crippen LogP contribution in [0.25, 0.3) is 11.1 Å².